The number of pyridine rings is 1. The third-order valence-electron chi connectivity index (χ3n) is 18.1. The molecule has 4 saturated heterocycles. The number of halogens is 2. The van der Waals surface area contributed by atoms with Gasteiger partial charge in [-0.25, -0.2) is 0 Å². The average Bonchev–Trinajstić information content (AvgIpc) is 4.04. The summed E-state index contributed by atoms with van der Waals surface area (Å²) in [5, 5.41) is 26.1. The van der Waals surface area contributed by atoms with Crippen molar-refractivity contribution in [1.82, 2.24) is 10.3 Å². The number of cyclic esters (lactones) is 1. The van der Waals surface area contributed by atoms with Gasteiger partial charge < -0.3 is 67.8 Å². The Labute approximate surface area is 487 Å². The SMILES string of the molecule is CC[C@H]1OC(=O)[C@H](C)[C@@H](O[C@H]2C[C@@](C)(OC)[C@@H](O)[C@H](C)O2)[C@H](C)[C@@H](O[C@@H]2O[C@H](C)C[C@H](NC)[C@H]2O)[C@](C)(OC)C[C@@H](C)C(=O)[C@H](C)[C@H]2[C@H](SCCN(Cc3c(Cl)cncc3Cl)c3ccc(OC)c(OC4CCCC4)c3)C(=O)O[C@@]21C. The Morgan fingerprint density at radius 2 is 1.55 bits per heavy atom. The van der Waals surface area contributed by atoms with E-state index in [-0.39, 0.29) is 49.8 Å². The van der Waals surface area contributed by atoms with E-state index in [2.05, 4.69) is 15.2 Å². The molecule has 0 spiro atoms. The fourth-order valence-corrected chi connectivity index (χ4v) is 15.2. The maximum absolute atomic E-state index is 15.5. The second-order valence-electron chi connectivity index (χ2n) is 23.6. The lowest BCUT2D eigenvalue weighted by Gasteiger charge is -2.49. The molecule has 18 nitrogen and oxygen atoms in total. The van der Waals surface area contributed by atoms with Gasteiger partial charge in [-0.05, 0) is 106 Å². The fraction of sp³-hybridized carbons (Fsp3) is 0.763. The minimum absolute atomic E-state index is 0.0669. The molecule has 5 fully saturated rings. The number of methoxy groups -OCH3 is 3. The minimum atomic E-state index is -1.47. The number of ether oxygens (including phenoxy) is 10. The maximum Gasteiger partial charge on any atom is 0.320 e. The molecule has 4 aliphatic heterocycles. The van der Waals surface area contributed by atoms with Gasteiger partial charge in [0.05, 0.1) is 64.8 Å². The topological polar surface area (TPSA) is 212 Å². The van der Waals surface area contributed by atoms with E-state index < -0.39 is 113 Å². The Bertz CT molecular complexity index is 2410. The highest BCUT2D eigenvalue weighted by Gasteiger charge is 2.62. The van der Waals surface area contributed by atoms with E-state index in [1.54, 1.807) is 61.4 Å². The van der Waals surface area contributed by atoms with E-state index in [1.807, 2.05) is 59.7 Å². The lowest BCUT2D eigenvalue weighted by molar-refractivity contribution is -0.317. The molecular formula is C59H89Cl2N3O15S. The molecule has 19 atom stereocenters. The van der Waals surface area contributed by atoms with Gasteiger partial charge in [0, 0.05) is 98.9 Å². The molecule has 450 valence electrons. The van der Waals surface area contributed by atoms with Gasteiger partial charge in [0.2, 0.25) is 0 Å². The largest absolute Gasteiger partial charge is 0.493 e. The number of aliphatic hydroxyl groups is 2. The number of aromatic nitrogens is 1. The number of nitrogens with zero attached hydrogens (tertiary/aromatic N) is 2. The zero-order chi connectivity index (χ0) is 58.6. The molecule has 3 N–H and O–H groups in total. The Morgan fingerprint density at radius 1 is 0.875 bits per heavy atom. The van der Waals surface area contributed by atoms with Crippen molar-refractivity contribution < 1.29 is 72.0 Å². The monoisotopic (exact) mass is 1180 g/mol. The van der Waals surface area contributed by atoms with Crippen LogP contribution in [0.15, 0.2) is 30.6 Å². The van der Waals surface area contributed by atoms with E-state index in [0.717, 1.165) is 31.4 Å². The van der Waals surface area contributed by atoms with Crippen LogP contribution in [-0.2, 0) is 58.8 Å². The number of fused-ring (bicyclic) bond motifs is 1. The van der Waals surface area contributed by atoms with Gasteiger partial charge in [0.25, 0.3) is 0 Å². The van der Waals surface area contributed by atoms with Crippen LogP contribution >= 0.6 is 35.0 Å². The van der Waals surface area contributed by atoms with Crippen LogP contribution in [0, 0.1) is 29.6 Å². The Kier molecular flexibility index (Phi) is 22.0. The Hall–Kier alpha value is -3.05. The molecule has 5 heterocycles. The van der Waals surface area contributed by atoms with Crippen LogP contribution < -0.4 is 19.7 Å². The smallest absolute Gasteiger partial charge is 0.320 e. The molecule has 1 saturated carbocycles. The van der Waals surface area contributed by atoms with Crippen LogP contribution in [0.1, 0.15) is 126 Å². The number of hydrogen-bond acceptors (Lipinski definition) is 19. The van der Waals surface area contributed by atoms with Crippen LogP contribution in [0.3, 0.4) is 0 Å². The number of benzene rings is 1. The first-order valence-electron chi connectivity index (χ1n) is 28.6. The van der Waals surface area contributed by atoms with Crippen LogP contribution in [0.25, 0.3) is 0 Å². The molecule has 5 aliphatic rings. The predicted octanol–water partition coefficient (Wildman–Crippen LogP) is 8.76. The summed E-state index contributed by atoms with van der Waals surface area (Å²) in [4.78, 5) is 51.7. The van der Waals surface area contributed by atoms with Crippen molar-refractivity contribution in [3.05, 3.63) is 46.2 Å². The van der Waals surface area contributed by atoms with E-state index in [1.165, 1.54) is 18.9 Å². The highest BCUT2D eigenvalue weighted by Crippen LogP contribution is 2.50. The average molecular weight is 1180 g/mol. The van der Waals surface area contributed by atoms with Crippen LogP contribution in [0.5, 0.6) is 11.5 Å². The lowest BCUT2D eigenvalue weighted by Crippen LogP contribution is -2.61. The molecule has 1 aromatic carbocycles. The second kappa shape index (κ2) is 27.3. The van der Waals surface area contributed by atoms with Crippen molar-refractivity contribution in [1.29, 1.82) is 0 Å². The van der Waals surface area contributed by atoms with E-state index in [0.29, 0.717) is 45.8 Å². The predicted molar refractivity (Wildman–Crippen MR) is 305 cm³/mol. The molecule has 0 amide bonds. The van der Waals surface area contributed by atoms with Crippen LogP contribution in [-0.4, -0.2) is 163 Å². The number of thioether (sulfide) groups is 1. The maximum atomic E-state index is 15.5. The second-order valence-corrected chi connectivity index (χ2v) is 25.7. The van der Waals surface area contributed by atoms with Crippen LogP contribution in [0.4, 0.5) is 5.69 Å². The quantitative estimate of drug-likeness (QED) is 0.119. The molecule has 21 heteroatoms. The third kappa shape index (κ3) is 13.9. The number of carbonyl (C=O) groups is 3. The molecule has 1 aromatic heterocycles. The summed E-state index contributed by atoms with van der Waals surface area (Å²) in [6.07, 6.45) is -0.0676. The molecule has 1 aliphatic carbocycles. The van der Waals surface area contributed by atoms with Crippen molar-refractivity contribution in [2.24, 2.45) is 29.6 Å². The van der Waals surface area contributed by atoms with Gasteiger partial charge in [-0.2, -0.15) is 0 Å². The summed E-state index contributed by atoms with van der Waals surface area (Å²) in [5.41, 5.74) is -2.37. The minimum Gasteiger partial charge on any atom is -0.493 e. The van der Waals surface area contributed by atoms with E-state index in [4.69, 9.17) is 70.6 Å². The number of esters is 2. The van der Waals surface area contributed by atoms with E-state index >= 15 is 9.59 Å². The number of carbonyl (C=O) groups excluding carboxylic acids is 3. The highest BCUT2D eigenvalue weighted by atomic mass is 35.5. The van der Waals surface area contributed by atoms with E-state index in [9.17, 15) is 15.0 Å². The Balaban J connectivity index is 1.26. The number of aliphatic hydroxyl groups excluding tert-OH is 2. The van der Waals surface area contributed by atoms with Gasteiger partial charge >= 0.3 is 11.9 Å². The zero-order valence-electron chi connectivity index (χ0n) is 49.2. The van der Waals surface area contributed by atoms with Gasteiger partial charge in [-0.3, -0.25) is 19.4 Å². The van der Waals surface area contributed by atoms with Gasteiger partial charge in [0.1, 0.15) is 29.3 Å². The number of ketones is 1. The lowest BCUT2D eigenvalue weighted by atomic mass is 9.70. The number of nitrogens with one attached hydrogen (secondary N) is 1. The molecule has 2 aromatic rings. The van der Waals surface area contributed by atoms with Crippen molar-refractivity contribution >= 4 is 58.4 Å². The summed E-state index contributed by atoms with van der Waals surface area (Å²) >= 11 is 14.9. The first-order chi connectivity index (χ1) is 37.9. The summed E-state index contributed by atoms with van der Waals surface area (Å²) in [7, 11) is 6.44. The van der Waals surface area contributed by atoms with Gasteiger partial charge in [-0.15, -0.1) is 11.8 Å². The Morgan fingerprint density at radius 3 is 2.17 bits per heavy atom. The standard InChI is InChI=1S/C59H89Cl2N3O15S/c1-15-45-59(10)47(51(55(69)79-59)80-23-22-64(30-39-40(60)28-63-29-41(39)61)37-20-21-43(70-12)44(25-37)75-38-18-16-17-19-38)33(4)48(65)31(2)26-58(9,72-14)53(78-56-49(66)42(62-11)24-32(3)73-56)34(5)50(35(6)54(68)76-45)77-46-27-57(8,71-13)52(67)36(7)74-46/h20-21,25,28-29,31-36,38,42,45-47,49-53,56,62,66-67H,15-19,22-24,26-27,30H2,1-14H3/t31-,32-,33-,34+,35-,36+,42+,45-,46+,47+,49-,50+,51+,52+,53-,56+,57-,58-,59-/m1/s1. The number of likely N-dealkylation sites (N-methyl/N-ethyl adjacent to an activating group) is 1. The first-order valence-corrected chi connectivity index (χ1v) is 30.4. The molecule has 0 bridgehead atoms. The third-order valence-corrected chi connectivity index (χ3v) is 20.0. The summed E-state index contributed by atoms with van der Waals surface area (Å²) in [5.74, 6) is -3.82. The normalized spacial score (nSPS) is 38.5. The molecule has 80 heavy (non-hydrogen) atoms. The summed E-state index contributed by atoms with van der Waals surface area (Å²) in [6, 6.07) is 5.41. The van der Waals surface area contributed by atoms with Crippen molar-refractivity contribution in [2.45, 2.75) is 217 Å². The number of hydrogen-bond donors (Lipinski definition) is 3. The number of Topliss-reactive ketones (excluding diaryl/α,β-unsaturated/α-hetero) is 1. The van der Waals surface area contributed by atoms with Gasteiger partial charge in [-0.1, -0.05) is 50.9 Å². The zero-order valence-corrected chi connectivity index (χ0v) is 51.6. The summed E-state index contributed by atoms with van der Waals surface area (Å²) < 4.78 is 64.4. The number of anilines is 1. The van der Waals surface area contributed by atoms with Gasteiger partial charge in [0.15, 0.2) is 29.7 Å². The molecule has 0 unspecified atom stereocenters. The van der Waals surface area contributed by atoms with Crippen molar-refractivity contribution in [3.8, 4) is 11.5 Å². The molecule has 0 radical (unpaired) electrons. The number of rotatable bonds is 18. The van der Waals surface area contributed by atoms with Crippen LogP contribution in [0.2, 0.25) is 10.0 Å². The highest BCUT2D eigenvalue weighted by molar-refractivity contribution is 8.00. The van der Waals surface area contributed by atoms with Crippen molar-refractivity contribution in [2.75, 3.05) is 45.6 Å². The first kappa shape index (κ1) is 64.5. The summed E-state index contributed by atoms with van der Waals surface area (Å²) in [6.45, 7) is 18.8. The van der Waals surface area contributed by atoms with Crippen molar-refractivity contribution in [3.63, 3.8) is 0 Å². The molecular weight excluding hydrogens is 1090 g/mol. The molecule has 7 rings (SSSR count). The fourth-order valence-electron chi connectivity index (χ4n) is 13.2.